The highest BCUT2D eigenvalue weighted by Crippen LogP contribution is 2.30. The lowest BCUT2D eigenvalue weighted by Gasteiger charge is -2.31. The minimum atomic E-state index is -0.547. The van der Waals surface area contributed by atoms with Gasteiger partial charge in [-0.3, -0.25) is 4.79 Å². The Morgan fingerprint density at radius 2 is 2.00 bits per heavy atom. The molecule has 0 atom stereocenters. The highest BCUT2D eigenvalue weighted by Gasteiger charge is 2.29. The molecule has 3 heteroatoms. The van der Waals surface area contributed by atoms with Crippen molar-refractivity contribution in [1.29, 1.82) is 0 Å². The average molecular weight is 188 g/mol. The van der Waals surface area contributed by atoms with Crippen LogP contribution in [0.2, 0.25) is 0 Å². The number of thioether (sulfide) groups is 1. The number of carbonyl (C=O) groups is 1. The van der Waals surface area contributed by atoms with Crippen LogP contribution in [0.1, 0.15) is 39.0 Å². The molecule has 0 unspecified atom stereocenters. The van der Waals surface area contributed by atoms with Crippen molar-refractivity contribution in [1.82, 2.24) is 0 Å². The van der Waals surface area contributed by atoms with Crippen LogP contribution in [0, 0.1) is 0 Å². The summed E-state index contributed by atoms with van der Waals surface area (Å²) in [6.45, 7) is 1.55. The first kappa shape index (κ1) is 10.1. The van der Waals surface area contributed by atoms with Gasteiger partial charge in [0.15, 0.2) is 5.12 Å². The molecule has 1 N–H and O–H groups in total. The van der Waals surface area contributed by atoms with Gasteiger partial charge in [-0.05, 0) is 12.8 Å². The van der Waals surface area contributed by atoms with E-state index in [0.29, 0.717) is 5.75 Å². The SMILES string of the molecule is CC(=O)SCC1(O)CCCCC1. The molecule has 1 fully saturated rings. The summed E-state index contributed by atoms with van der Waals surface area (Å²) >= 11 is 1.25. The van der Waals surface area contributed by atoms with E-state index in [4.69, 9.17) is 0 Å². The van der Waals surface area contributed by atoms with E-state index in [1.54, 1.807) is 6.92 Å². The monoisotopic (exact) mass is 188 g/mol. The smallest absolute Gasteiger partial charge is 0.185 e. The third kappa shape index (κ3) is 3.15. The Morgan fingerprint density at radius 3 is 2.50 bits per heavy atom. The van der Waals surface area contributed by atoms with Gasteiger partial charge >= 0.3 is 0 Å². The standard InChI is InChI=1S/C9H16O2S/c1-8(10)12-7-9(11)5-3-2-4-6-9/h11H,2-7H2,1H3. The van der Waals surface area contributed by atoms with E-state index in [0.717, 1.165) is 25.7 Å². The van der Waals surface area contributed by atoms with Gasteiger partial charge in [0, 0.05) is 12.7 Å². The molecule has 0 aromatic heterocycles. The van der Waals surface area contributed by atoms with E-state index >= 15 is 0 Å². The number of hydrogen-bond acceptors (Lipinski definition) is 3. The Morgan fingerprint density at radius 1 is 1.42 bits per heavy atom. The Bertz CT molecular complexity index is 162. The lowest BCUT2D eigenvalue weighted by Crippen LogP contribution is -2.34. The molecule has 0 heterocycles. The second-order valence-electron chi connectivity index (χ2n) is 3.57. The first-order valence-electron chi connectivity index (χ1n) is 4.48. The normalized spacial score (nSPS) is 22.2. The third-order valence-corrected chi connectivity index (χ3v) is 3.42. The van der Waals surface area contributed by atoms with Crippen molar-refractivity contribution in [2.75, 3.05) is 5.75 Å². The summed E-state index contributed by atoms with van der Waals surface area (Å²) in [5, 5.41) is 10.1. The zero-order valence-corrected chi connectivity index (χ0v) is 8.32. The molecule has 1 aliphatic carbocycles. The van der Waals surface area contributed by atoms with Crippen molar-refractivity contribution in [3.05, 3.63) is 0 Å². The van der Waals surface area contributed by atoms with Crippen LogP contribution in [0.3, 0.4) is 0 Å². The van der Waals surface area contributed by atoms with Gasteiger partial charge in [-0.25, -0.2) is 0 Å². The molecule has 70 valence electrons. The molecule has 0 amide bonds. The van der Waals surface area contributed by atoms with Crippen LogP contribution in [-0.4, -0.2) is 21.6 Å². The Kier molecular flexibility index (Phi) is 3.59. The van der Waals surface area contributed by atoms with Gasteiger partial charge < -0.3 is 5.11 Å². The number of rotatable bonds is 2. The maximum atomic E-state index is 10.7. The summed E-state index contributed by atoms with van der Waals surface area (Å²) in [5.41, 5.74) is -0.547. The molecule has 0 radical (unpaired) electrons. The Balaban J connectivity index is 2.31. The number of hydrogen-bond donors (Lipinski definition) is 1. The highest BCUT2D eigenvalue weighted by molar-refractivity contribution is 8.13. The lowest BCUT2D eigenvalue weighted by atomic mass is 9.86. The van der Waals surface area contributed by atoms with Gasteiger partial charge in [0.05, 0.1) is 5.60 Å². The summed E-state index contributed by atoms with van der Waals surface area (Å²) in [7, 11) is 0. The zero-order chi connectivity index (χ0) is 9.03. The van der Waals surface area contributed by atoms with E-state index < -0.39 is 5.60 Å². The fourth-order valence-corrected chi connectivity index (χ4v) is 2.35. The van der Waals surface area contributed by atoms with Crippen molar-refractivity contribution in [2.45, 2.75) is 44.6 Å². The molecule has 0 aromatic rings. The zero-order valence-electron chi connectivity index (χ0n) is 7.51. The fourth-order valence-electron chi connectivity index (χ4n) is 1.59. The lowest BCUT2D eigenvalue weighted by molar-refractivity contribution is -0.109. The van der Waals surface area contributed by atoms with E-state index in [1.165, 1.54) is 18.2 Å². The second kappa shape index (κ2) is 4.28. The predicted octanol–water partition coefficient (Wildman–Crippen LogP) is 1.96. The van der Waals surface area contributed by atoms with Gasteiger partial charge in [0.25, 0.3) is 0 Å². The van der Waals surface area contributed by atoms with Crippen molar-refractivity contribution in [3.8, 4) is 0 Å². The largest absolute Gasteiger partial charge is 0.389 e. The van der Waals surface area contributed by atoms with Gasteiger partial charge in [-0.1, -0.05) is 31.0 Å². The third-order valence-electron chi connectivity index (χ3n) is 2.33. The molecule has 1 saturated carbocycles. The van der Waals surface area contributed by atoms with Crippen molar-refractivity contribution < 1.29 is 9.90 Å². The van der Waals surface area contributed by atoms with Crippen LogP contribution in [0.4, 0.5) is 0 Å². The van der Waals surface area contributed by atoms with Crippen LogP contribution in [0.25, 0.3) is 0 Å². The van der Waals surface area contributed by atoms with Gasteiger partial charge in [-0.15, -0.1) is 0 Å². The molecule has 0 aliphatic heterocycles. The summed E-state index contributed by atoms with van der Waals surface area (Å²) < 4.78 is 0. The minimum Gasteiger partial charge on any atom is -0.389 e. The second-order valence-corrected chi connectivity index (χ2v) is 4.72. The number of aliphatic hydroxyl groups is 1. The van der Waals surface area contributed by atoms with Crippen LogP contribution >= 0.6 is 11.8 Å². The van der Waals surface area contributed by atoms with E-state index in [9.17, 15) is 9.90 Å². The Hall–Kier alpha value is -0.0200. The van der Waals surface area contributed by atoms with E-state index in [1.807, 2.05) is 0 Å². The molecular weight excluding hydrogens is 172 g/mol. The maximum absolute atomic E-state index is 10.7. The highest BCUT2D eigenvalue weighted by atomic mass is 32.2. The molecule has 0 saturated heterocycles. The molecule has 0 spiro atoms. The van der Waals surface area contributed by atoms with Gasteiger partial charge in [0.1, 0.15) is 0 Å². The van der Waals surface area contributed by atoms with E-state index in [-0.39, 0.29) is 5.12 Å². The predicted molar refractivity (Wildman–Crippen MR) is 51.2 cm³/mol. The van der Waals surface area contributed by atoms with Crippen LogP contribution in [0.5, 0.6) is 0 Å². The quantitative estimate of drug-likeness (QED) is 0.719. The summed E-state index contributed by atoms with van der Waals surface area (Å²) in [4.78, 5) is 10.7. The molecular formula is C9H16O2S. The van der Waals surface area contributed by atoms with Crippen LogP contribution in [0.15, 0.2) is 0 Å². The first-order chi connectivity index (χ1) is 5.62. The van der Waals surface area contributed by atoms with Crippen LogP contribution in [-0.2, 0) is 4.79 Å². The van der Waals surface area contributed by atoms with Gasteiger partial charge in [0.2, 0.25) is 0 Å². The van der Waals surface area contributed by atoms with Crippen molar-refractivity contribution in [3.63, 3.8) is 0 Å². The van der Waals surface area contributed by atoms with Crippen molar-refractivity contribution in [2.24, 2.45) is 0 Å². The van der Waals surface area contributed by atoms with Crippen LogP contribution < -0.4 is 0 Å². The van der Waals surface area contributed by atoms with E-state index in [2.05, 4.69) is 0 Å². The first-order valence-corrected chi connectivity index (χ1v) is 5.47. The maximum Gasteiger partial charge on any atom is 0.185 e. The molecule has 1 rings (SSSR count). The number of carbonyl (C=O) groups excluding carboxylic acids is 1. The molecule has 2 nitrogen and oxygen atoms in total. The molecule has 12 heavy (non-hydrogen) atoms. The molecule has 0 bridgehead atoms. The summed E-state index contributed by atoms with van der Waals surface area (Å²) in [6, 6.07) is 0. The minimum absolute atomic E-state index is 0.106. The topological polar surface area (TPSA) is 37.3 Å². The molecule has 1 aliphatic rings. The summed E-state index contributed by atoms with van der Waals surface area (Å²) in [5.74, 6) is 0.586. The fraction of sp³-hybridized carbons (Fsp3) is 0.889. The summed E-state index contributed by atoms with van der Waals surface area (Å²) in [6.07, 6.45) is 5.18. The van der Waals surface area contributed by atoms with Crippen molar-refractivity contribution >= 4 is 16.9 Å². The average Bonchev–Trinajstić information content (AvgIpc) is 2.03. The van der Waals surface area contributed by atoms with Gasteiger partial charge in [-0.2, -0.15) is 0 Å². The molecule has 0 aromatic carbocycles. The Labute approximate surface area is 77.7 Å².